The van der Waals surface area contributed by atoms with Gasteiger partial charge in [0.2, 0.25) is 0 Å². The predicted octanol–water partition coefficient (Wildman–Crippen LogP) is 6.12. The highest BCUT2D eigenvalue weighted by Crippen LogP contribution is 2.27. The molecule has 4 aromatic rings. The fraction of sp³-hybridized carbons (Fsp3) is 0.0417. The highest BCUT2D eigenvalue weighted by Gasteiger charge is 2.15. The zero-order valence-electron chi connectivity index (χ0n) is 15.6. The number of carbonyl (C=O) groups excluding carboxylic acids is 2. The molecule has 0 saturated carbocycles. The molecular formula is C24H17BrN2O2. The lowest BCUT2D eigenvalue weighted by Gasteiger charge is -2.11. The van der Waals surface area contributed by atoms with Gasteiger partial charge < -0.3 is 5.32 Å². The minimum absolute atomic E-state index is 0.0487. The smallest absolute Gasteiger partial charge is 0.256 e. The molecule has 0 radical (unpaired) electrons. The van der Waals surface area contributed by atoms with Crippen LogP contribution in [0.2, 0.25) is 0 Å². The van der Waals surface area contributed by atoms with E-state index in [9.17, 15) is 9.59 Å². The first-order valence-electron chi connectivity index (χ1n) is 9.09. The van der Waals surface area contributed by atoms with Crippen LogP contribution in [0.25, 0.3) is 22.2 Å². The van der Waals surface area contributed by atoms with Crippen LogP contribution in [0.15, 0.2) is 83.3 Å². The average molecular weight is 445 g/mol. The zero-order chi connectivity index (χ0) is 20.4. The Labute approximate surface area is 176 Å². The number of carbonyl (C=O) groups is 2. The van der Waals surface area contributed by atoms with Crippen molar-refractivity contribution in [3.63, 3.8) is 0 Å². The summed E-state index contributed by atoms with van der Waals surface area (Å²) in [4.78, 5) is 29.5. The number of ketones is 1. The second-order valence-electron chi connectivity index (χ2n) is 6.67. The molecule has 0 bridgehead atoms. The molecule has 0 unspecified atom stereocenters. The molecule has 0 spiro atoms. The minimum Gasteiger partial charge on any atom is -0.322 e. The quantitative estimate of drug-likeness (QED) is 0.385. The van der Waals surface area contributed by atoms with E-state index in [-0.39, 0.29) is 11.7 Å². The SMILES string of the molecule is CC(=O)c1cccc(NC(=O)c2cc(-c3cccc(Br)c3)nc3ccccc23)c1. The molecule has 0 aliphatic carbocycles. The van der Waals surface area contributed by atoms with E-state index < -0.39 is 0 Å². The van der Waals surface area contributed by atoms with E-state index in [0.717, 1.165) is 20.9 Å². The van der Waals surface area contributed by atoms with E-state index in [1.807, 2.05) is 48.5 Å². The Morgan fingerprint density at radius 2 is 1.69 bits per heavy atom. The number of hydrogen-bond acceptors (Lipinski definition) is 3. The third-order valence-electron chi connectivity index (χ3n) is 4.61. The van der Waals surface area contributed by atoms with Gasteiger partial charge in [0.25, 0.3) is 5.91 Å². The lowest BCUT2D eigenvalue weighted by molar-refractivity contribution is 0.101. The van der Waals surface area contributed by atoms with E-state index in [1.165, 1.54) is 6.92 Å². The number of Topliss-reactive ketones (excluding diaryl/α,β-unsaturated/α-hetero) is 1. The molecule has 29 heavy (non-hydrogen) atoms. The molecule has 1 amide bonds. The van der Waals surface area contributed by atoms with Crippen LogP contribution in [0, 0.1) is 0 Å². The van der Waals surface area contributed by atoms with E-state index in [4.69, 9.17) is 4.98 Å². The van der Waals surface area contributed by atoms with Crippen LogP contribution in [0.3, 0.4) is 0 Å². The number of benzene rings is 3. The van der Waals surface area contributed by atoms with Crippen molar-refractivity contribution in [1.82, 2.24) is 4.98 Å². The number of hydrogen-bond donors (Lipinski definition) is 1. The number of amides is 1. The Hall–Kier alpha value is -3.31. The van der Waals surface area contributed by atoms with Crippen molar-refractivity contribution in [3.05, 3.63) is 94.5 Å². The minimum atomic E-state index is -0.249. The maximum Gasteiger partial charge on any atom is 0.256 e. The van der Waals surface area contributed by atoms with E-state index in [0.29, 0.717) is 22.5 Å². The second-order valence-corrected chi connectivity index (χ2v) is 7.59. The van der Waals surface area contributed by atoms with Gasteiger partial charge in [0.15, 0.2) is 5.78 Å². The fourth-order valence-corrected chi connectivity index (χ4v) is 3.57. The van der Waals surface area contributed by atoms with Gasteiger partial charge in [0.05, 0.1) is 16.8 Å². The maximum absolute atomic E-state index is 13.1. The largest absolute Gasteiger partial charge is 0.322 e. The number of para-hydroxylation sites is 1. The van der Waals surface area contributed by atoms with E-state index >= 15 is 0 Å². The van der Waals surface area contributed by atoms with Crippen LogP contribution >= 0.6 is 15.9 Å². The summed E-state index contributed by atoms with van der Waals surface area (Å²) in [6.45, 7) is 1.50. The molecule has 1 heterocycles. The topological polar surface area (TPSA) is 59.1 Å². The summed E-state index contributed by atoms with van der Waals surface area (Å²) >= 11 is 3.48. The van der Waals surface area contributed by atoms with Crippen LogP contribution in [0.5, 0.6) is 0 Å². The van der Waals surface area contributed by atoms with E-state index in [1.54, 1.807) is 30.3 Å². The standard InChI is InChI=1S/C24H17BrN2O2/c1-15(28)16-6-5-9-19(13-16)26-24(29)21-14-23(17-7-4-8-18(25)12-17)27-22-11-3-2-10-20(21)22/h2-14H,1H3,(H,26,29). The number of rotatable bonds is 4. The van der Waals surface area contributed by atoms with Gasteiger partial charge >= 0.3 is 0 Å². The third-order valence-corrected chi connectivity index (χ3v) is 5.10. The Morgan fingerprint density at radius 1 is 0.897 bits per heavy atom. The first kappa shape index (κ1) is 19.0. The summed E-state index contributed by atoms with van der Waals surface area (Å²) in [6.07, 6.45) is 0. The zero-order valence-corrected chi connectivity index (χ0v) is 17.2. The van der Waals surface area contributed by atoms with Gasteiger partial charge in [-0.1, -0.05) is 58.4 Å². The molecule has 3 aromatic carbocycles. The van der Waals surface area contributed by atoms with Gasteiger partial charge in [-0.15, -0.1) is 0 Å². The van der Waals surface area contributed by atoms with Crippen molar-refractivity contribution in [2.24, 2.45) is 0 Å². The molecule has 0 aliphatic rings. The number of pyridine rings is 1. The summed E-state index contributed by atoms with van der Waals surface area (Å²) in [5.41, 5.74) is 4.03. The number of anilines is 1. The van der Waals surface area contributed by atoms with Gasteiger partial charge in [-0.2, -0.15) is 0 Å². The summed E-state index contributed by atoms with van der Waals surface area (Å²) in [5.74, 6) is -0.298. The van der Waals surface area contributed by atoms with Crippen LogP contribution in [-0.2, 0) is 0 Å². The summed E-state index contributed by atoms with van der Waals surface area (Å²) in [7, 11) is 0. The Kier molecular flexibility index (Phi) is 5.23. The number of halogens is 1. The van der Waals surface area contributed by atoms with Crippen molar-refractivity contribution in [3.8, 4) is 11.3 Å². The molecule has 0 atom stereocenters. The van der Waals surface area contributed by atoms with Crippen LogP contribution in [-0.4, -0.2) is 16.7 Å². The number of nitrogens with one attached hydrogen (secondary N) is 1. The average Bonchev–Trinajstić information content (AvgIpc) is 2.73. The molecule has 4 rings (SSSR count). The monoisotopic (exact) mass is 444 g/mol. The molecular weight excluding hydrogens is 428 g/mol. The Bertz CT molecular complexity index is 1250. The van der Waals surface area contributed by atoms with Crippen molar-refractivity contribution in [2.75, 3.05) is 5.32 Å². The molecule has 142 valence electrons. The Morgan fingerprint density at radius 3 is 2.48 bits per heavy atom. The highest BCUT2D eigenvalue weighted by molar-refractivity contribution is 9.10. The summed E-state index contributed by atoms with van der Waals surface area (Å²) in [5, 5.41) is 3.68. The van der Waals surface area contributed by atoms with Gasteiger partial charge in [-0.05, 0) is 43.3 Å². The normalized spacial score (nSPS) is 10.7. The second kappa shape index (κ2) is 7.97. The molecule has 0 aliphatic heterocycles. The van der Waals surface area contributed by atoms with Crippen molar-refractivity contribution in [2.45, 2.75) is 6.92 Å². The van der Waals surface area contributed by atoms with Gasteiger partial charge in [0.1, 0.15) is 0 Å². The molecule has 1 aromatic heterocycles. The van der Waals surface area contributed by atoms with Crippen LogP contribution < -0.4 is 5.32 Å². The highest BCUT2D eigenvalue weighted by atomic mass is 79.9. The number of aromatic nitrogens is 1. The van der Waals surface area contributed by atoms with E-state index in [2.05, 4.69) is 21.2 Å². The molecule has 0 fully saturated rings. The van der Waals surface area contributed by atoms with Crippen LogP contribution in [0.1, 0.15) is 27.6 Å². The molecule has 4 nitrogen and oxygen atoms in total. The number of fused-ring (bicyclic) bond motifs is 1. The lowest BCUT2D eigenvalue weighted by Crippen LogP contribution is -2.13. The van der Waals surface area contributed by atoms with Crippen molar-refractivity contribution < 1.29 is 9.59 Å². The first-order chi connectivity index (χ1) is 14.0. The van der Waals surface area contributed by atoms with Gasteiger partial charge in [-0.25, -0.2) is 4.98 Å². The Balaban J connectivity index is 1.78. The predicted molar refractivity (Wildman–Crippen MR) is 119 cm³/mol. The third kappa shape index (κ3) is 4.10. The number of nitrogens with zero attached hydrogens (tertiary/aromatic N) is 1. The lowest BCUT2D eigenvalue weighted by atomic mass is 10.0. The first-order valence-corrected chi connectivity index (χ1v) is 9.88. The van der Waals surface area contributed by atoms with Crippen LogP contribution in [0.4, 0.5) is 5.69 Å². The van der Waals surface area contributed by atoms with Gasteiger partial charge in [-0.3, -0.25) is 9.59 Å². The van der Waals surface area contributed by atoms with Gasteiger partial charge in [0, 0.05) is 26.7 Å². The fourth-order valence-electron chi connectivity index (χ4n) is 3.17. The van der Waals surface area contributed by atoms with Crippen molar-refractivity contribution >= 4 is 44.2 Å². The summed E-state index contributed by atoms with van der Waals surface area (Å²) < 4.78 is 0.942. The summed E-state index contributed by atoms with van der Waals surface area (Å²) in [6, 6.07) is 24.1. The van der Waals surface area contributed by atoms with Crippen molar-refractivity contribution in [1.29, 1.82) is 0 Å². The maximum atomic E-state index is 13.1. The molecule has 0 saturated heterocycles. The molecule has 5 heteroatoms. The molecule has 1 N–H and O–H groups in total.